The van der Waals surface area contributed by atoms with Crippen LogP contribution in [0.2, 0.25) is 0 Å². The molecule has 0 saturated carbocycles. The predicted octanol–water partition coefficient (Wildman–Crippen LogP) is 3.59. The van der Waals surface area contributed by atoms with Crippen LogP contribution in [0.3, 0.4) is 0 Å². The second-order valence-electron chi connectivity index (χ2n) is 4.88. The van der Waals surface area contributed by atoms with Crippen molar-refractivity contribution in [3.8, 4) is 5.75 Å². The number of thiazole rings is 1. The summed E-state index contributed by atoms with van der Waals surface area (Å²) in [6.45, 7) is 3.05. The highest BCUT2D eigenvalue weighted by molar-refractivity contribution is 7.15. The molecule has 21 heavy (non-hydrogen) atoms. The van der Waals surface area contributed by atoms with Gasteiger partial charge in [0.25, 0.3) is 0 Å². The van der Waals surface area contributed by atoms with Gasteiger partial charge in [0, 0.05) is 18.5 Å². The van der Waals surface area contributed by atoms with Gasteiger partial charge in [-0.2, -0.15) is 0 Å². The zero-order chi connectivity index (χ0) is 15.2. The normalized spacial score (nSPS) is 10.7. The molecule has 0 amide bonds. The maximum absolute atomic E-state index is 5.44. The van der Waals surface area contributed by atoms with E-state index in [4.69, 9.17) is 9.72 Å². The van der Waals surface area contributed by atoms with E-state index in [1.165, 1.54) is 10.6 Å². The van der Waals surface area contributed by atoms with Gasteiger partial charge < -0.3 is 15.0 Å². The molecular formula is C16H23N3OS. The summed E-state index contributed by atoms with van der Waals surface area (Å²) in [5, 5.41) is 4.23. The molecule has 4 nitrogen and oxygen atoms in total. The molecule has 1 heterocycles. The molecule has 0 fully saturated rings. The molecule has 2 rings (SSSR count). The van der Waals surface area contributed by atoms with Gasteiger partial charge >= 0.3 is 0 Å². The molecule has 1 aromatic heterocycles. The second-order valence-corrected chi connectivity index (χ2v) is 5.94. The first kappa shape index (κ1) is 15.8. The van der Waals surface area contributed by atoms with E-state index in [1.807, 2.05) is 32.3 Å². The van der Waals surface area contributed by atoms with E-state index in [2.05, 4.69) is 23.2 Å². The molecule has 0 saturated heterocycles. The number of rotatable bonds is 7. The summed E-state index contributed by atoms with van der Waals surface area (Å²) in [4.78, 5) is 8.23. The number of hydrogen-bond acceptors (Lipinski definition) is 5. The standard InChI is InChI=1S/C16H23N3OS/c1-5-8-12-15(11-17-2)21-16(18-12)19(3)13-9-6-7-10-14(13)20-4/h6-7,9-10,17H,5,8,11H2,1-4H3. The first-order valence-corrected chi connectivity index (χ1v) is 8.02. The fourth-order valence-electron chi connectivity index (χ4n) is 2.25. The van der Waals surface area contributed by atoms with E-state index in [-0.39, 0.29) is 0 Å². The Hall–Kier alpha value is -1.59. The van der Waals surface area contributed by atoms with Gasteiger partial charge in [0.05, 0.1) is 18.5 Å². The molecule has 1 aromatic carbocycles. The lowest BCUT2D eigenvalue weighted by Crippen LogP contribution is -2.10. The highest BCUT2D eigenvalue weighted by Gasteiger charge is 2.16. The second kappa shape index (κ2) is 7.43. The van der Waals surface area contributed by atoms with Crippen molar-refractivity contribution in [3.05, 3.63) is 34.8 Å². The highest BCUT2D eigenvalue weighted by Crippen LogP contribution is 2.35. The van der Waals surface area contributed by atoms with Crippen LogP contribution < -0.4 is 15.0 Å². The molecule has 2 aromatic rings. The van der Waals surface area contributed by atoms with Gasteiger partial charge in [-0.25, -0.2) is 4.98 Å². The molecule has 1 N–H and O–H groups in total. The summed E-state index contributed by atoms with van der Waals surface area (Å²) < 4.78 is 5.44. The van der Waals surface area contributed by atoms with Crippen molar-refractivity contribution >= 4 is 22.2 Å². The van der Waals surface area contributed by atoms with Crippen molar-refractivity contribution in [2.45, 2.75) is 26.3 Å². The third kappa shape index (κ3) is 3.54. The van der Waals surface area contributed by atoms with Crippen LogP contribution >= 0.6 is 11.3 Å². The van der Waals surface area contributed by atoms with Gasteiger partial charge in [-0.3, -0.25) is 0 Å². The van der Waals surface area contributed by atoms with Crippen molar-refractivity contribution in [1.82, 2.24) is 10.3 Å². The number of methoxy groups -OCH3 is 1. The minimum absolute atomic E-state index is 0.863. The Balaban J connectivity index is 2.34. The van der Waals surface area contributed by atoms with Crippen LogP contribution in [-0.4, -0.2) is 26.2 Å². The zero-order valence-corrected chi connectivity index (χ0v) is 14.0. The molecule has 0 atom stereocenters. The third-order valence-electron chi connectivity index (χ3n) is 3.32. The van der Waals surface area contributed by atoms with E-state index in [9.17, 15) is 0 Å². The summed E-state index contributed by atoms with van der Waals surface area (Å²) in [7, 11) is 5.71. The molecule has 5 heteroatoms. The summed E-state index contributed by atoms with van der Waals surface area (Å²) in [5.41, 5.74) is 2.24. The maximum atomic E-state index is 5.44. The Bertz CT molecular complexity index is 559. The van der Waals surface area contributed by atoms with Crippen molar-refractivity contribution in [2.75, 3.05) is 26.1 Å². The summed E-state index contributed by atoms with van der Waals surface area (Å²) in [6, 6.07) is 8.02. The number of nitrogens with one attached hydrogen (secondary N) is 1. The maximum Gasteiger partial charge on any atom is 0.190 e. The first-order chi connectivity index (χ1) is 10.2. The van der Waals surface area contributed by atoms with Crippen molar-refractivity contribution < 1.29 is 4.74 Å². The third-order valence-corrected chi connectivity index (χ3v) is 4.50. The van der Waals surface area contributed by atoms with Gasteiger partial charge in [0.15, 0.2) is 5.13 Å². The molecule has 0 spiro atoms. The quantitative estimate of drug-likeness (QED) is 0.848. The Morgan fingerprint density at radius 3 is 2.76 bits per heavy atom. The van der Waals surface area contributed by atoms with Crippen LogP contribution in [0.1, 0.15) is 23.9 Å². The monoisotopic (exact) mass is 305 g/mol. The van der Waals surface area contributed by atoms with Crippen LogP contribution in [0.25, 0.3) is 0 Å². The lowest BCUT2D eigenvalue weighted by Gasteiger charge is -2.18. The predicted molar refractivity (Wildman–Crippen MR) is 89.9 cm³/mol. The van der Waals surface area contributed by atoms with Crippen LogP contribution in [0.5, 0.6) is 5.75 Å². The van der Waals surface area contributed by atoms with Crippen LogP contribution in [0, 0.1) is 0 Å². The summed E-state index contributed by atoms with van der Waals surface area (Å²) >= 11 is 1.74. The number of ether oxygens (including phenoxy) is 1. The molecule has 0 aliphatic rings. The molecule has 0 unspecified atom stereocenters. The van der Waals surface area contributed by atoms with Crippen molar-refractivity contribution in [1.29, 1.82) is 0 Å². The number of anilines is 2. The van der Waals surface area contributed by atoms with Gasteiger partial charge in [-0.05, 0) is 25.6 Å². The number of hydrogen-bond donors (Lipinski definition) is 1. The number of nitrogens with zero attached hydrogens (tertiary/aromatic N) is 2. The number of para-hydroxylation sites is 2. The molecule has 0 radical (unpaired) electrons. The van der Waals surface area contributed by atoms with E-state index >= 15 is 0 Å². The van der Waals surface area contributed by atoms with E-state index < -0.39 is 0 Å². The first-order valence-electron chi connectivity index (χ1n) is 7.21. The highest BCUT2D eigenvalue weighted by atomic mass is 32.1. The Labute approximate surface area is 130 Å². The molecule has 114 valence electrons. The molecular weight excluding hydrogens is 282 g/mol. The minimum atomic E-state index is 0.863. The fourth-order valence-corrected chi connectivity index (χ4v) is 3.35. The average Bonchev–Trinajstić information content (AvgIpc) is 2.90. The minimum Gasteiger partial charge on any atom is -0.495 e. The summed E-state index contributed by atoms with van der Waals surface area (Å²) in [6.07, 6.45) is 2.13. The van der Waals surface area contributed by atoms with E-state index in [0.717, 1.165) is 36.0 Å². The lowest BCUT2D eigenvalue weighted by molar-refractivity contribution is 0.415. The number of benzene rings is 1. The van der Waals surface area contributed by atoms with Gasteiger partial charge in [0.1, 0.15) is 5.75 Å². The van der Waals surface area contributed by atoms with Crippen LogP contribution in [-0.2, 0) is 13.0 Å². The average molecular weight is 305 g/mol. The number of aromatic nitrogens is 1. The van der Waals surface area contributed by atoms with Crippen LogP contribution in [0.4, 0.5) is 10.8 Å². The molecule has 0 aliphatic heterocycles. The van der Waals surface area contributed by atoms with Gasteiger partial charge in [0.2, 0.25) is 0 Å². The van der Waals surface area contributed by atoms with Crippen molar-refractivity contribution in [3.63, 3.8) is 0 Å². The SMILES string of the molecule is CCCc1nc(N(C)c2ccccc2OC)sc1CNC. The number of aryl methyl sites for hydroxylation is 1. The fraction of sp³-hybridized carbons (Fsp3) is 0.438. The summed E-state index contributed by atoms with van der Waals surface area (Å²) in [5.74, 6) is 0.863. The largest absolute Gasteiger partial charge is 0.495 e. The molecule has 0 aliphatic carbocycles. The Kier molecular flexibility index (Phi) is 5.59. The van der Waals surface area contributed by atoms with Crippen molar-refractivity contribution in [2.24, 2.45) is 0 Å². The smallest absolute Gasteiger partial charge is 0.190 e. The van der Waals surface area contributed by atoms with Gasteiger partial charge in [-0.15, -0.1) is 0 Å². The van der Waals surface area contributed by atoms with Gasteiger partial charge in [-0.1, -0.05) is 36.8 Å². The molecule has 0 bridgehead atoms. The lowest BCUT2D eigenvalue weighted by atomic mass is 10.2. The van der Waals surface area contributed by atoms with E-state index in [0.29, 0.717) is 0 Å². The van der Waals surface area contributed by atoms with Crippen LogP contribution in [0.15, 0.2) is 24.3 Å². The zero-order valence-electron chi connectivity index (χ0n) is 13.1. The Morgan fingerprint density at radius 1 is 1.33 bits per heavy atom. The Morgan fingerprint density at radius 2 is 2.10 bits per heavy atom. The topological polar surface area (TPSA) is 37.4 Å². The van der Waals surface area contributed by atoms with E-state index in [1.54, 1.807) is 18.4 Å².